The summed E-state index contributed by atoms with van der Waals surface area (Å²) in [5.41, 5.74) is 2.92. The van der Waals surface area contributed by atoms with E-state index in [9.17, 15) is 9.90 Å². The highest BCUT2D eigenvalue weighted by molar-refractivity contribution is 9.10. The van der Waals surface area contributed by atoms with Gasteiger partial charge in [0.25, 0.3) is 5.91 Å². The summed E-state index contributed by atoms with van der Waals surface area (Å²) < 4.78 is 0.885. The second-order valence-corrected chi connectivity index (χ2v) is 5.87. The summed E-state index contributed by atoms with van der Waals surface area (Å²) >= 11 is 3.41. The van der Waals surface area contributed by atoms with E-state index in [1.807, 2.05) is 36.4 Å². The highest BCUT2D eigenvalue weighted by Crippen LogP contribution is 2.44. The van der Waals surface area contributed by atoms with Gasteiger partial charge < -0.3 is 10.4 Å². The van der Waals surface area contributed by atoms with Gasteiger partial charge in [0.05, 0.1) is 11.3 Å². The van der Waals surface area contributed by atoms with E-state index < -0.39 is 12.3 Å². The zero-order valence-corrected chi connectivity index (χ0v) is 12.0. The standard InChI is InChI=1S/C15H11BrN2O2/c16-8-5-6-10-12(7-8)18-14(13(10)19)17-11-4-2-1-3-9(11)15(18)20/h1-7,13-14,17,19H/t13-,14-/m1/s1. The molecule has 4 nitrogen and oxygen atoms in total. The second-order valence-electron chi connectivity index (χ2n) is 4.96. The van der Waals surface area contributed by atoms with Crippen molar-refractivity contribution in [2.24, 2.45) is 0 Å². The molecule has 0 bridgehead atoms. The zero-order valence-electron chi connectivity index (χ0n) is 10.4. The molecule has 0 unspecified atom stereocenters. The van der Waals surface area contributed by atoms with Crippen LogP contribution in [0.15, 0.2) is 46.9 Å². The largest absolute Gasteiger partial charge is 0.384 e. The summed E-state index contributed by atoms with van der Waals surface area (Å²) in [5.74, 6) is -0.0831. The lowest BCUT2D eigenvalue weighted by Crippen LogP contribution is -2.48. The minimum atomic E-state index is -0.726. The van der Waals surface area contributed by atoms with Crippen LogP contribution in [0.3, 0.4) is 0 Å². The molecular weight excluding hydrogens is 320 g/mol. The monoisotopic (exact) mass is 330 g/mol. The van der Waals surface area contributed by atoms with Crippen LogP contribution in [0.4, 0.5) is 11.4 Å². The van der Waals surface area contributed by atoms with Crippen molar-refractivity contribution >= 4 is 33.2 Å². The molecule has 0 radical (unpaired) electrons. The summed E-state index contributed by atoms with van der Waals surface area (Å²) in [6, 6.07) is 13.0. The second kappa shape index (κ2) is 4.07. The zero-order chi connectivity index (χ0) is 13.9. The molecule has 2 aromatic carbocycles. The maximum atomic E-state index is 12.7. The number of aliphatic hydroxyl groups is 1. The molecule has 2 atom stereocenters. The van der Waals surface area contributed by atoms with E-state index in [1.165, 1.54) is 0 Å². The van der Waals surface area contributed by atoms with Crippen molar-refractivity contribution in [2.45, 2.75) is 12.3 Å². The Morgan fingerprint density at radius 1 is 1.20 bits per heavy atom. The number of anilines is 2. The predicted molar refractivity (Wildman–Crippen MR) is 79.8 cm³/mol. The van der Waals surface area contributed by atoms with Gasteiger partial charge in [0.1, 0.15) is 12.3 Å². The number of benzene rings is 2. The topological polar surface area (TPSA) is 52.6 Å². The highest BCUT2D eigenvalue weighted by atomic mass is 79.9. The lowest BCUT2D eigenvalue weighted by atomic mass is 10.1. The molecule has 2 heterocycles. The third-order valence-electron chi connectivity index (χ3n) is 3.83. The number of nitrogens with one attached hydrogen (secondary N) is 1. The Labute approximate surface area is 124 Å². The fourth-order valence-electron chi connectivity index (χ4n) is 2.90. The van der Waals surface area contributed by atoms with Crippen molar-refractivity contribution in [3.05, 3.63) is 58.1 Å². The Kier molecular flexibility index (Phi) is 2.43. The third-order valence-corrected chi connectivity index (χ3v) is 4.32. The molecule has 0 fully saturated rings. The Balaban J connectivity index is 1.91. The van der Waals surface area contributed by atoms with Crippen molar-refractivity contribution < 1.29 is 9.90 Å². The number of fused-ring (bicyclic) bond motifs is 4. The van der Waals surface area contributed by atoms with Gasteiger partial charge in [-0.15, -0.1) is 0 Å². The minimum Gasteiger partial charge on any atom is -0.384 e. The Morgan fingerprint density at radius 3 is 2.85 bits per heavy atom. The number of hydrogen-bond donors (Lipinski definition) is 2. The minimum absolute atomic E-state index is 0.0831. The molecular formula is C15H11BrN2O2. The molecule has 5 heteroatoms. The van der Waals surface area contributed by atoms with Crippen LogP contribution in [0.1, 0.15) is 22.0 Å². The molecule has 2 aliphatic rings. The van der Waals surface area contributed by atoms with Crippen LogP contribution in [-0.4, -0.2) is 17.2 Å². The first-order valence-electron chi connectivity index (χ1n) is 6.33. The average molecular weight is 331 g/mol. The Hall–Kier alpha value is -1.85. The number of hydrogen-bond acceptors (Lipinski definition) is 3. The summed E-state index contributed by atoms with van der Waals surface area (Å²) in [4.78, 5) is 14.3. The normalized spacial score (nSPS) is 22.9. The number of aliphatic hydroxyl groups excluding tert-OH is 1. The molecule has 2 aromatic rings. The van der Waals surface area contributed by atoms with Gasteiger partial charge in [-0.25, -0.2) is 0 Å². The fourth-order valence-corrected chi connectivity index (χ4v) is 3.25. The number of carbonyl (C=O) groups excluding carboxylic acids is 1. The Bertz CT molecular complexity index is 732. The van der Waals surface area contributed by atoms with E-state index in [0.29, 0.717) is 5.56 Å². The van der Waals surface area contributed by atoms with Gasteiger partial charge in [-0.05, 0) is 24.3 Å². The van der Waals surface area contributed by atoms with Crippen LogP contribution in [0.5, 0.6) is 0 Å². The third kappa shape index (κ3) is 1.47. The lowest BCUT2D eigenvalue weighted by molar-refractivity contribution is 0.0941. The maximum absolute atomic E-state index is 12.7. The van der Waals surface area contributed by atoms with Gasteiger partial charge in [-0.3, -0.25) is 9.69 Å². The molecule has 0 saturated carbocycles. The van der Waals surface area contributed by atoms with E-state index >= 15 is 0 Å². The van der Waals surface area contributed by atoms with Gasteiger partial charge >= 0.3 is 0 Å². The Morgan fingerprint density at radius 2 is 2.00 bits per heavy atom. The van der Waals surface area contributed by atoms with Gasteiger partial charge in [0.15, 0.2) is 0 Å². The maximum Gasteiger partial charge on any atom is 0.262 e. The SMILES string of the molecule is O=C1c2ccccc2N[C@H]2[C@H](O)c3ccc(Br)cc3N12. The molecule has 0 saturated heterocycles. The summed E-state index contributed by atoms with van der Waals surface area (Å²) in [7, 11) is 0. The number of halogens is 1. The molecule has 2 aliphatic heterocycles. The molecule has 100 valence electrons. The van der Waals surface area contributed by atoms with Crippen LogP contribution in [0.2, 0.25) is 0 Å². The molecule has 0 aromatic heterocycles. The molecule has 20 heavy (non-hydrogen) atoms. The number of nitrogens with zero attached hydrogens (tertiary/aromatic N) is 1. The number of rotatable bonds is 0. The highest BCUT2D eigenvalue weighted by Gasteiger charge is 2.44. The summed E-state index contributed by atoms with van der Waals surface area (Å²) in [6.45, 7) is 0. The van der Waals surface area contributed by atoms with Gasteiger partial charge in [0, 0.05) is 15.7 Å². The molecule has 1 amide bonds. The smallest absolute Gasteiger partial charge is 0.262 e. The number of amides is 1. The number of carbonyl (C=O) groups is 1. The van der Waals surface area contributed by atoms with E-state index in [1.54, 1.807) is 11.0 Å². The van der Waals surface area contributed by atoms with Gasteiger partial charge in [0.2, 0.25) is 0 Å². The molecule has 2 N–H and O–H groups in total. The average Bonchev–Trinajstić information content (AvgIpc) is 2.72. The molecule has 0 spiro atoms. The van der Waals surface area contributed by atoms with E-state index in [2.05, 4.69) is 21.2 Å². The molecule has 0 aliphatic carbocycles. The van der Waals surface area contributed by atoms with E-state index in [-0.39, 0.29) is 5.91 Å². The van der Waals surface area contributed by atoms with Crippen molar-refractivity contribution in [3.8, 4) is 0 Å². The van der Waals surface area contributed by atoms with Gasteiger partial charge in [-0.2, -0.15) is 0 Å². The van der Waals surface area contributed by atoms with Crippen LogP contribution >= 0.6 is 15.9 Å². The van der Waals surface area contributed by atoms with E-state index in [4.69, 9.17) is 0 Å². The van der Waals surface area contributed by atoms with Crippen molar-refractivity contribution in [1.82, 2.24) is 0 Å². The first kappa shape index (κ1) is 11.9. The summed E-state index contributed by atoms with van der Waals surface area (Å²) in [5, 5.41) is 13.7. The van der Waals surface area contributed by atoms with Crippen LogP contribution in [0, 0.1) is 0 Å². The van der Waals surface area contributed by atoms with Gasteiger partial charge in [-0.1, -0.05) is 34.1 Å². The van der Waals surface area contributed by atoms with Crippen molar-refractivity contribution in [2.75, 3.05) is 10.2 Å². The fraction of sp³-hybridized carbons (Fsp3) is 0.133. The van der Waals surface area contributed by atoms with E-state index in [0.717, 1.165) is 21.4 Å². The number of para-hydroxylation sites is 1. The summed E-state index contributed by atoms with van der Waals surface area (Å²) in [6.07, 6.45) is -1.17. The lowest BCUT2D eigenvalue weighted by Gasteiger charge is -2.34. The quantitative estimate of drug-likeness (QED) is 0.780. The molecule has 4 rings (SSSR count). The van der Waals surface area contributed by atoms with Crippen LogP contribution < -0.4 is 10.2 Å². The first-order chi connectivity index (χ1) is 9.66. The van der Waals surface area contributed by atoms with Crippen LogP contribution in [0.25, 0.3) is 0 Å². The predicted octanol–water partition coefficient (Wildman–Crippen LogP) is 2.89. The van der Waals surface area contributed by atoms with Crippen molar-refractivity contribution in [3.63, 3.8) is 0 Å². The van der Waals surface area contributed by atoms with Crippen molar-refractivity contribution in [1.29, 1.82) is 0 Å². The van der Waals surface area contributed by atoms with Crippen LogP contribution in [-0.2, 0) is 0 Å². The first-order valence-corrected chi connectivity index (χ1v) is 7.13.